The van der Waals surface area contributed by atoms with E-state index < -0.39 is 41.2 Å². The number of carbonyl (C=O) groups is 3. The molecule has 0 spiro atoms. The van der Waals surface area contributed by atoms with E-state index in [-0.39, 0.29) is 35.6 Å². The fourth-order valence-electron chi connectivity index (χ4n) is 4.27. The molecule has 1 aliphatic heterocycles. The highest BCUT2D eigenvalue weighted by molar-refractivity contribution is 6.30. The van der Waals surface area contributed by atoms with Crippen molar-refractivity contribution in [3.63, 3.8) is 0 Å². The van der Waals surface area contributed by atoms with E-state index in [0.717, 1.165) is 6.20 Å². The van der Waals surface area contributed by atoms with Gasteiger partial charge in [-0.15, -0.1) is 0 Å². The molecule has 11 heteroatoms. The second-order valence-corrected chi connectivity index (χ2v) is 8.60. The van der Waals surface area contributed by atoms with Crippen molar-refractivity contribution in [3.8, 4) is 0 Å². The minimum atomic E-state index is -5.06. The SMILES string of the molecule is O=C(NCc1cccc(Cl)c1F)[C@@H]1CCCN1C(=O)Cn1cc(C(=O)C(F)(F)F)c2ccccc21. The van der Waals surface area contributed by atoms with Crippen LogP contribution in [0.15, 0.2) is 48.7 Å². The van der Waals surface area contributed by atoms with Gasteiger partial charge in [-0.25, -0.2) is 4.39 Å². The van der Waals surface area contributed by atoms with Crippen LogP contribution in [0.5, 0.6) is 0 Å². The van der Waals surface area contributed by atoms with Crippen LogP contribution in [-0.4, -0.2) is 45.8 Å². The van der Waals surface area contributed by atoms with Crippen molar-refractivity contribution in [3.05, 3.63) is 70.6 Å². The summed E-state index contributed by atoms with van der Waals surface area (Å²) in [5.41, 5.74) is -0.0485. The van der Waals surface area contributed by atoms with Gasteiger partial charge in [-0.05, 0) is 25.0 Å². The molecule has 0 aliphatic carbocycles. The molecule has 4 rings (SSSR count). The normalized spacial score (nSPS) is 16.0. The van der Waals surface area contributed by atoms with Crippen LogP contribution in [0.25, 0.3) is 10.9 Å². The van der Waals surface area contributed by atoms with Crippen LogP contribution in [-0.2, 0) is 22.7 Å². The third-order valence-electron chi connectivity index (χ3n) is 5.96. The number of carbonyl (C=O) groups excluding carboxylic acids is 3. The van der Waals surface area contributed by atoms with Crippen LogP contribution in [0.2, 0.25) is 5.02 Å². The van der Waals surface area contributed by atoms with Crippen molar-refractivity contribution in [2.45, 2.75) is 38.1 Å². The molecule has 1 saturated heterocycles. The lowest BCUT2D eigenvalue weighted by Gasteiger charge is -2.24. The Morgan fingerprint density at radius 2 is 1.83 bits per heavy atom. The highest BCUT2D eigenvalue weighted by Crippen LogP contribution is 2.29. The fourth-order valence-corrected chi connectivity index (χ4v) is 4.46. The number of nitrogens with zero attached hydrogens (tertiary/aromatic N) is 2. The molecule has 1 aliphatic rings. The van der Waals surface area contributed by atoms with Crippen molar-refractivity contribution in [2.75, 3.05) is 6.54 Å². The largest absolute Gasteiger partial charge is 0.454 e. The van der Waals surface area contributed by atoms with Gasteiger partial charge in [0.15, 0.2) is 0 Å². The third-order valence-corrected chi connectivity index (χ3v) is 6.25. The number of nitrogens with one attached hydrogen (secondary N) is 1. The molecule has 2 amide bonds. The maximum absolute atomic E-state index is 14.1. The molecule has 6 nitrogen and oxygen atoms in total. The molecule has 1 fully saturated rings. The van der Waals surface area contributed by atoms with Crippen molar-refractivity contribution in [1.29, 1.82) is 0 Å². The minimum Gasteiger partial charge on any atom is -0.350 e. The molecule has 1 atom stereocenters. The van der Waals surface area contributed by atoms with Crippen molar-refractivity contribution < 1.29 is 31.9 Å². The quantitative estimate of drug-likeness (QED) is 0.393. The first-order chi connectivity index (χ1) is 16.6. The Hall–Kier alpha value is -3.40. The van der Waals surface area contributed by atoms with Gasteiger partial charge < -0.3 is 14.8 Å². The Bertz CT molecular complexity index is 1300. The molecule has 0 unspecified atom stereocenters. The first-order valence-corrected chi connectivity index (χ1v) is 11.1. The Balaban J connectivity index is 1.50. The van der Waals surface area contributed by atoms with Gasteiger partial charge in [0.05, 0.1) is 10.6 Å². The summed E-state index contributed by atoms with van der Waals surface area (Å²) in [6, 6.07) is 9.62. The number of para-hydroxylation sites is 1. The first kappa shape index (κ1) is 24.7. The van der Waals surface area contributed by atoms with Gasteiger partial charge in [-0.3, -0.25) is 14.4 Å². The van der Waals surface area contributed by atoms with E-state index in [0.29, 0.717) is 18.4 Å². The smallest absolute Gasteiger partial charge is 0.350 e. The lowest BCUT2D eigenvalue weighted by Crippen LogP contribution is -2.46. The number of amides is 2. The van der Waals surface area contributed by atoms with Crippen molar-refractivity contribution in [2.24, 2.45) is 0 Å². The minimum absolute atomic E-state index is 0.0725. The van der Waals surface area contributed by atoms with Crippen LogP contribution < -0.4 is 5.32 Å². The van der Waals surface area contributed by atoms with E-state index in [1.807, 2.05) is 0 Å². The maximum atomic E-state index is 14.1. The second-order valence-electron chi connectivity index (χ2n) is 8.19. The molecular weight excluding hydrogens is 490 g/mol. The topological polar surface area (TPSA) is 71.4 Å². The van der Waals surface area contributed by atoms with Crippen molar-refractivity contribution in [1.82, 2.24) is 14.8 Å². The van der Waals surface area contributed by atoms with E-state index >= 15 is 0 Å². The lowest BCUT2D eigenvalue weighted by molar-refractivity contribution is -0.138. The maximum Gasteiger partial charge on any atom is 0.454 e. The number of fused-ring (bicyclic) bond motifs is 1. The first-order valence-electron chi connectivity index (χ1n) is 10.8. The molecule has 3 aromatic rings. The Kier molecular flexibility index (Phi) is 6.84. The lowest BCUT2D eigenvalue weighted by atomic mass is 10.1. The van der Waals surface area contributed by atoms with Crippen LogP contribution >= 0.6 is 11.6 Å². The highest BCUT2D eigenvalue weighted by atomic mass is 35.5. The van der Waals surface area contributed by atoms with E-state index in [1.165, 1.54) is 39.8 Å². The summed E-state index contributed by atoms with van der Waals surface area (Å²) in [5, 5.41) is 2.63. The van der Waals surface area contributed by atoms with Crippen LogP contribution in [0.4, 0.5) is 17.6 Å². The molecular formula is C24H20ClF4N3O3. The zero-order valence-corrected chi connectivity index (χ0v) is 19.0. The predicted octanol–water partition coefficient (Wildman–Crippen LogP) is 4.49. The van der Waals surface area contributed by atoms with E-state index in [9.17, 15) is 31.9 Å². The number of alkyl halides is 3. The standard InChI is InChI=1S/C24H20ClF4N3O3/c25-17-7-3-5-14(21(17)26)11-30-23(35)19-9-4-10-32(19)20(33)13-31-12-16(22(34)24(27,28)29)15-6-1-2-8-18(15)31/h1-3,5-8,12,19H,4,9-11,13H2,(H,30,35)/t19-/m0/s1. The van der Waals surface area contributed by atoms with Crippen LogP contribution in [0.3, 0.4) is 0 Å². The molecule has 35 heavy (non-hydrogen) atoms. The number of rotatable bonds is 6. The number of halogens is 5. The van der Waals surface area contributed by atoms with Crippen LogP contribution in [0, 0.1) is 5.82 Å². The van der Waals surface area contributed by atoms with Gasteiger partial charge in [0.25, 0.3) is 5.78 Å². The average molecular weight is 510 g/mol. The van der Waals surface area contributed by atoms with Crippen molar-refractivity contribution >= 4 is 40.1 Å². The Labute approximate surface area is 202 Å². The zero-order valence-electron chi connectivity index (χ0n) is 18.2. The summed E-state index contributed by atoms with van der Waals surface area (Å²) >= 11 is 5.76. The highest BCUT2D eigenvalue weighted by Gasteiger charge is 2.41. The summed E-state index contributed by atoms with van der Waals surface area (Å²) in [5.74, 6) is -3.59. The molecule has 0 saturated carbocycles. The molecule has 0 radical (unpaired) electrons. The Morgan fingerprint density at radius 3 is 2.57 bits per heavy atom. The van der Waals surface area contributed by atoms with E-state index in [2.05, 4.69) is 5.32 Å². The monoisotopic (exact) mass is 509 g/mol. The number of Topliss-reactive ketones (excluding diaryl/α,β-unsaturated/α-hetero) is 1. The fraction of sp³-hybridized carbons (Fsp3) is 0.292. The number of ketones is 1. The number of aromatic nitrogens is 1. The average Bonchev–Trinajstić information content (AvgIpc) is 3.44. The number of hydrogen-bond acceptors (Lipinski definition) is 3. The number of likely N-dealkylation sites (tertiary alicyclic amines) is 1. The summed E-state index contributed by atoms with van der Waals surface area (Å²) in [7, 11) is 0. The van der Waals surface area contributed by atoms with Crippen LogP contribution in [0.1, 0.15) is 28.8 Å². The van der Waals surface area contributed by atoms with Gasteiger partial charge in [0.2, 0.25) is 11.8 Å². The van der Waals surface area contributed by atoms with Gasteiger partial charge >= 0.3 is 6.18 Å². The van der Waals surface area contributed by atoms with Gasteiger partial charge in [0, 0.05) is 35.8 Å². The molecule has 0 bridgehead atoms. The van der Waals surface area contributed by atoms with Gasteiger partial charge in [-0.2, -0.15) is 13.2 Å². The predicted molar refractivity (Wildman–Crippen MR) is 120 cm³/mol. The number of benzene rings is 2. The summed E-state index contributed by atoms with van der Waals surface area (Å²) < 4.78 is 54.5. The molecule has 2 heterocycles. The molecule has 1 aromatic heterocycles. The zero-order chi connectivity index (χ0) is 25.3. The van der Waals surface area contributed by atoms with E-state index in [4.69, 9.17) is 11.6 Å². The third kappa shape index (κ3) is 5.02. The molecule has 1 N–H and O–H groups in total. The Morgan fingerprint density at radius 1 is 1.09 bits per heavy atom. The summed E-state index contributed by atoms with van der Waals surface area (Å²) in [4.78, 5) is 39.1. The summed E-state index contributed by atoms with van der Waals surface area (Å²) in [6.45, 7) is -0.177. The molecule has 184 valence electrons. The van der Waals surface area contributed by atoms with Gasteiger partial charge in [-0.1, -0.05) is 41.9 Å². The second kappa shape index (κ2) is 9.69. The number of hydrogen-bond donors (Lipinski definition) is 1. The summed E-state index contributed by atoms with van der Waals surface area (Å²) in [6.07, 6.45) is -3.09. The van der Waals surface area contributed by atoms with E-state index in [1.54, 1.807) is 12.1 Å². The molecule has 2 aromatic carbocycles. The van der Waals surface area contributed by atoms with Gasteiger partial charge in [0.1, 0.15) is 18.4 Å².